The molecule has 2 aliphatic heterocycles. The average Bonchev–Trinajstić information content (AvgIpc) is 3.46. The lowest BCUT2D eigenvalue weighted by atomic mass is 10.0. The van der Waals surface area contributed by atoms with E-state index in [-0.39, 0.29) is 24.3 Å². The van der Waals surface area contributed by atoms with Gasteiger partial charge in [-0.2, -0.15) is 13.2 Å². The van der Waals surface area contributed by atoms with E-state index in [9.17, 15) is 18.0 Å². The molecule has 1 fully saturated rings. The van der Waals surface area contributed by atoms with Crippen LogP contribution < -0.4 is 14.4 Å². The van der Waals surface area contributed by atoms with Gasteiger partial charge in [0.1, 0.15) is 17.6 Å². The van der Waals surface area contributed by atoms with Crippen LogP contribution in [0.4, 0.5) is 18.9 Å². The van der Waals surface area contributed by atoms with E-state index in [0.717, 1.165) is 6.42 Å². The molecule has 0 spiro atoms. The minimum atomic E-state index is -4.47. The third-order valence-electron chi connectivity index (χ3n) is 5.72. The Labute approximate surface area is 193 Å². The molecule has 176 valence electrons. The molecule has 34 heavy (non-hydrogen) atoms. The van der Waals surface area contributed by atoms with Crippen molar-refractivity contribution in [2.45, 2.75) is 25.2 Å². The van der Waals surface area contributed by atoms with Gasteiger partial charge < -0.3 is 19.1 Å². The first kappa shape index (κ1) is 22.2. The molecule has 1 amide bonds. The van der Waals surface area contributed by atoms with Crippen LogP contribution in [0.2, 0.25) is 0 Å². The molecule has 0 saturated carbocycles. The van der Waals surface area contributed by atoms with Crippen molar-refractivity contribution in [2.75, 3.05) is 24.7 Å². The van der Waals surface area contributed by atoms with Crippen molar-refractivity contribution >= 4 is 11.6 Å². The van der Waals surface area contributed by atoms with Crippen LogP contribution in [-0.2, 0) is 11.3 Å². The maximum absolute atomic E-state index is 13.2. The van der Waals surface area contributed by atoms with E-state index in [4.69, 9.17) is 14.2 Å². The van der Waals surface area contributed by atoms with E-state index in [1.54, 1.807) is 29.2 Å². The summed E-state index contributed by atoms with van der Waals surface area (Å²) >= 11 is 0. The summed E-state index contributed by atoms with van der Waals surface area (Å²) in [6.07, 6.45) is -2.12. The van der Waals surface area contributed by atoms with Gasteiger partial charge in [-0.15, -0.1) is 0 Å². The monoisotopic (exact) mass is 470 g/mol. The number of ether oxygens (including phenoxy) is 3. The molecule has 0 radical (unpaired) electrons. The van der Waals surface area contributed by atoms with E-state index in [1.807, 2.05) is 24.3 Å². The molecule has 1 aromatic heterocycles. The number of hydrogen-bond donors (Lipinski definition) is 0. The molecule has 0 bridgehead atoms. The summed E-state index contributed by atoms with van der Waals surface area (Å²) in [7, 11) is 0. The largest absolute Gasteiger partial charge is 0.488 e. The van der Waals surface area contributed by atoms with Gasteiger partial charge in [0.05, 0.1) is 25.5 Å². The van der Waals surface area contributed by atoms with Crippen molar-refractivity contribution in [1.82, 2.24) is 4.98 Å². The van der Waals surface area contributed by atoms with Crippen molar-refractivity contribution < 1.29 is 32.2 Å². The van der Waals surface area contributed by atoms with E-state index in [2.05, 4.69) is 4.98 Å². The predicted octanol–water partition coefficient (Wildman–Crippen LogP) is 5.02. The number of nitrogens with zero attached hydrogens (tertiary/aromatic N) is 2. The number of carbonyl (C=O) groups is 1. The van der Waals surface area contributed by atoms with Crippen molar-refractivity contribution in [1.29, 1.82) is 0 Å². The van der Waals surface area contributed by atoms with Gasteiger partial charge in [0.25, 0.3) is 5.91 Å². The van der Waals surface area contributed by atoms with E-state index >= 15 is 0 Å². The van der Waals surface area contributed by atoms with Gasteiger partial charge in [-0.05, 0) is 42.5 Å². The highest BCUT2D eigenvalue weighted by Crippen LogP contribution is 2.38. The smallest absolute Gasteiger partial charge is 0.422 e. The summed E-state index contributed by atoms with van der Waals surface area (Å²) in [5, 5.41) is 0. The first-order valence-corrected chi connectivity index (χ1v) is 10.8. The Hall–Kier alpha value is -3.59. The lowest BCUT2D eigenvalue weighted by Gasteiger charge is -2.18. The minimum Gasteiger partial charge on any atom is -0.488 e. The highest BCUT2D eigenvalue weighted by molar-refractivity contribution is 6.11. The molecule has 0 N–H and O–H groups in total. The van der Waals surface area contributed by atoms with Gasteiger partial charge >= 0.3 is 6.18 Å². The van der Waals surface area contributed by atoms with Crippen LogP contribution in [0.3, 0.4) is 0 Å². The van der Waals surface area contributed by atoms with Gasteiger partial charge in [-0.3, -0.25) is 9.78 Å². The number of halogens is 3. The van der Waals surface area contributed by atoms with Crippen LogP contribution in [0, 0.1) is 0 Å². The van der Waals surface area contributed by atoms with Crippen LogP contribution in [0.15, 0.2) is 60.8 Å². The number of fused-ring (bicyclic) bond motifs is 1. The summed E-state index contributed by atoms with van der Waals surface area (Å²) in [5.74, 6) is 0.552. The quantitative estimate of drug-likeness (QED) is 0.507. The van der Waals surface area contributed by atoms with Crippen LogP contribution in [-0.4, -0.2) is 43.0 Å². The first-order valence-electron chi connectivity index (χ1n) is 10.8. The third-order valence-corrected chi connectivity index (χ3v) is 5.72. The Kier molecular flexibility index (Phi) is 5.87. The molecule has 1 saturated heterocycles. The SMILES string of the molecule is O=C1c2ccnc(-c3ccccc3OCC(F)(F)F)c2CN1c1ccc(O[C@H]2CCOC2)cc1. The number of aromatic nitrogens is 1. The second-order valence-corrected chi connectivity index (χ2v) is 8.07. The molecule has 0 aliphatic carbocycles. The Morgan fingerprint density at radius 2 is 1.85 bits per heavy atom. The van der Waals surface area contributed by atoms with Crippen LogP contribution in [0.25, 0.3) is 11.3 Å². The van der Waals surface area contributed by atoms with Crippen molar-refractivity contribution in [3.8, 4) is 22.8 Å². The number of amides is 1. The second kappa shape index (κ2) is 8.98. The average molecular weight is 470 g/mol. The summed E-state index contributed by atoms with van der Waals surface area (Å²) in [5.41, 5.74) is 2.61. The van der Waals surface area contributed by atoms with Crippen LogP contribution in [0.5, 0.6) is 11.5 Å². The molecule has 1 atom stereocenters. The minimum absolute atomic E-state index is 0.0248. The zero-order valence-electron chi connectivity index (χ0n) is 18.0. The predicted molar refractivity (Wildman–Crippen MR) is 118 cm³/mol. The van der Waals surface area contributed by atoms with E-state index in [1.165, 1.54) is 12.3 Å². The number of alkyl halides is 3. The summed E-state index contributed by atoms with van der Waals surface area (Å²) < 4.78 is 54.4. The summed E-state index contributed by atoms with van der Waals surface area (Å²) in [6.45, 7) is 0.0722. The third kappa shape index (κ3) is 4.56. The van der Waals surface area contributed by atoms with Crippen LogP contribution >= 0.6 is 0 Å². The maximum Gasteiger partial charge on any atom is 0.422 e. The van der Waals surface area contributed by atoms with Crippen molar-refractivity contribution in [3.63, 3.8) is 0 Å². The Bertz CT molecular complexity index is 1190. The second-order valence-electron chi connectivity index (χ2n) is 8.07. The lowest BCUT2D eigenvalue weighted by Crippen LogP contribution is -2.23. The fourth-order valence-electron chi connectivity index (χ4n) is 4.12. The molecule has 2 aliphatic rings. The highest BCUT2D eigenvalue weighted by Gasteiger charge is 2.33. The normalized spacial score (nSPS) is 17.7. The van der Waals surface area contributed by atoms with Gasteiger partial charge in [-0.25, -0.2) is 0 Å². The van der Waals surface area contributed by atoms with Crippen LogP contribution in [0.1, 0.15) is 22.3 Å². The number of para-hydroxylation sites is 1. The summed E-state index contributed by atoms with van der Waals surface area (Å²) in [6, 6.07) is 15.2. The molecule has 3 heterocycles. The molecule has 0 unspecified atom stereocenters. The number of hydrogen-bond acceptors (Lipinski definition) is 5. The van der Waals surface area contributed by atoms with Gasteiger partial charge in [0, 0.05) is 35.0 Å². The number of carbonyl (C=O) groups excluding carboxylic acids is 1. The molecule has 5 rings (SSSR count). The number of benzene rings is 2. The molecule has 2 aromatic carbocycles. The van der Waals surface area contributed by atoms with E-state index in [0.29, 0.717) is 47.0 Å². The fraction of sp³-hybridized carbons (Fsp3) is 0.280. The molecule has 6 nitrogen and oxygen atoms in total. The standard InChI is InChI=1S/C25H21F3N2O4/c26-25(27,28)15-33-22-4-2-1-3-20(22)23-21-13-30(24(31)19(21)9-11-29-23)16-5-7-17(8-6-16)34-18-10-12-32-14-18/h1-9,11,18H,10,12-15H2/t18-/m0/s1. The lowest BCUT2D eigenvalue weighted by molar-refractivity contribution is -0.153. The Balaban J connectivity index is 1.40. The number of pyridine rings is 1. The van der Waals surface area contributed by atoms with Gasteiger partial charge in [-0.1, -0.05) is 12.1 Å². The highest BCUT2D eigenvalue weighted by atomic mass is 19.4. The zero-order valence-corrected chi connectivity index (χ0v) is 18.0. The molecule has 9 heteroatoms. The molecule has 3 aromatic rings. The fourth-order valence-corrected chi connectivity index (χ4v) is 4.12. The zero-order chi connectivity index (χ0) is 23.7. The topological polar surface area (TPSA) is 60.9 Å². The van der Waals surface area contributed by atoms with E-state index < -0.39 is 12.8 Å². The Morgan fingerprint density at radius 3 is 2.59 bits per heavy atom. The molecular formula is C25H21F3N2O4. The van der Waals surface area contributed by atoms with Gasteiger partial charge in [0.2, 0.25) is 0 Å². The number of anilines is 1. The Morgan fingerprint density at radius 1 is 1.06 bits per heavy atom. The van der Waals surface area contributed by atoms with Crippen molar-refractivity contribution in [3.05, 3.63) is 71.9 Å². The van der Waals surface area contributed by atoms with Gasteiger partial charge in [0.15, 0.2) is 6.61 Å². The first-order chi connectivity index (χ1) is 16.4. The van der Waals surface area contributed by atoms with Crippen molar-refractivity contribution in [2.24, 2.45) is 0 Å². The molecular weight excluding hydrogens is 449 g/mol. The number of rotatable bonds is 6. The maximum atomic E-state index is 13.2. The summed E-state index contributed by atoms with van der Waals surface area (Å²) in [4.78, 5) is 19.2.